The number of hydrogen-bond donors (Lipinski definition) is 0. The van der Waals surface area contributed by atoms with Crippen LogP contribution in [-0.2, 0) is 0 Å². The summed E-state index contributed by atoms with van der Waals surface area (Å²) in [5, 5.41) is 0. The van der Waals surface area contributed by atoms with Crippen molar-refractivity contribution in [2.45, 2.75) is 39.0 Å². The maximum Gasteiger partial charge on any atom is 0.118 e. The van der Waals surface area contributed by atoms with Crippen LogP contribution >= 0.6 is 0 Å². The monoisotopic (exact) mass is 306 g/mol. The lowest BCUT2D eigenvalue weighted by atomic mass is 9.99. The summed E-state index contributed by atoms with van der Waals surface area (Å²) in [6.07, 6.45) is 8.21. The number of hydrogen-bond acceptors (Lipinski definition) is 1. The third-order valence-corrected chi connectivity index (χ3v) is 3.93. The Labute approximate surface area is 140 Å². The van der Waals surface area contributed by atoms with Crippen molar-refractivity contribution in [3.8, 4) is 5.75 Å². The summed E-state index contributed by atoms with van der Waals surface area (Å²) in [6, 6.07) is 18.7. The van der Waals surface area contributed by atoms with Crippen molar-refractivity contribution in [2.24, 2.45) is 0 Å². The Morgan fingerprint density at radius 2 is 1.70 bits per heavy atom. The molecule has 0 spiro atoms. The van der Waals surface area contributed by atoms with Gasteiger partial charge >= 0.3 is 0 Å². The van der Waals surface area contributed by atoms with Crippen LogP contribution in [0.2, 0.25) is 0 Å². The molecule has 0 atom stereocenters. The second kappa shape index (κ2) is 9.71. The zero-order chi connectivity index (χ0) is 16.3. The Balaban J connectivity index is 2.21. The van der Waals surface area contributed by atoms with E-state index in [0.29, 0.717) is 0 Å². The number of unbranched alkanes of at least 4 members (excludes halogenated alkanes) is 3. The maximum atomic E-state index is 5.25. The van der Waals surface area contributed by atoms with Gasteiger partial charge in [0, 0.05) is 5.57 Å². The lowest BCUT2D eigenvalue weighted by Crippen LogP contribution is -1.87. The first-order chi connectivity index (χ1) is 11.3. The molecular weight excluding hydrogens is 280 g/mol. The van der Waals surface area contributed by atoms with E-state index in [0.717, 1.165) is 12.2 Å². The fraction of sp³-hybridized carbons (Fsp3) is 0.318. The second-order valence-electron chi connectivity index (χ2n) is 5.72. The van der Waals surface area contributed by atoms with E-state index in [1.54, 1.807) is 7.11 Å². The minimum Gasteiger partial charge on any atom is -0.497 e. The van der Waals surface area contributed by atoms with E-state index in [2.05, 4.69) is 55.1 Å². The van der Waals surface area contributed by atoms with E-state index in [-0.39, 0.29) is 0 Å². The topological polar surface area (TPSA) is 9.23 Å². The van der Waals surface area contributed by atoms with Gasteiger partial charge in [0.15, 0.2) is 0 Å². The molecule has 2 rings (SSSR count). The molecule has 2 aromatic rings. The fourth-order valence-corrected chi connectivity index (χ4v) is 2.54. The van der Waals surface area contributed by atoms with Gasteiger partial charge in [0.1, 0.15) is 5.75 Å². The Kier molecular flexibility index (Phi) is 7.23. The molecular formula is C22H26O. The van der Waals surface area contributed by atoms with Gasteiger partial charge in [0.25, 0.3) is 0 Å². The highest BCUT2D eigenvalue weighted by Crippen LogP contribution is 2.23. The molecule has 0 amide bonds. The van der Waals surface area contributed by atoms with Crippen LogP contribution in [-0.4, -0.2) is 7.11 Å². The molecule has 0 heterocycles. The number of ether oxygens (including phenoxy) is 1. The molecule has 0 aliphatic carbocycles. The van der Waals surface area contributed by atoms with Crippen molar-refractivity contribution >= 4 is 11.6 Å². The highest BCUT2D eigenvalue weighted by Gasteiger charge is 2.02. The number of rotatable bonds is 8. The average molecular weight is 306 g/mol. The molecule has 0 radical (unpaired) electrons. The summed E-state index contributed by atoms with van der Waals surface area (Å²) in [5.74, 6) is 0.895. The van der Waals surface area contributed by atoms with Gasteiger partial charge in [0.2, 0.25) is 0 Å². The van der Waals surface area contributed by atoms with Crippen molar-refractivity contribution in [1.82, 2.24) is 0 Å². The fourth-order valence-electron chi connectivity index (χ4n) is 2.54. The molecule has 0 bridgehead atoms. The van der Waals surface area contributed by atoms with Crippen LogP contribution in [0.1, 0.15) is 50.2 Å². The molecule has 0 aliphatic rings. The molecule has 23 heavy (non-hydrogen) atoms. The number of allylic oxidation sites excluding steroid dienone is 1. The third-order valence-electron chi connectivity index (χ3n) is 3.93. The largest absolute Gasteiger partial charge is 0.497 e. The van der Waals surface area contributed by atoms with Crippen LogP contribution in [0.5, 0.6) is 5.75 Å². The first kappa shape index (κ1) is 17.1. The lowest BCUT2D eigenvalue weighted by molar-refractivity contribution is 0.415. The van der Waals surface area contributed by atoms with E-state index in [1.807, 2.05) is 18.2 Å². The average Bonchev–Trinajstić information content (AvgIpc) is 2.62. The summed E-state index contributed by atoms with van der Waals surface area (Å²) in [7, 11) is 1.70. The van der Waals surface area contributed by atoms with Crippen molar-refractivity contribution < 1.29 is 4.74 Å². The molecule has 0 fully saturated rings. The van der Waals surface area contributed by atoms with Crippen LogP contribution in [0, 0.1) is 0 Å². The molecule has 0 saturated heterocycles. The third kappa shape index (κ3) is 5.81. The second-order valence-corrected chi connectivity index (χ2v) is 5.72. The zero-order valence-corrected chi connectivity index (χ0v) is 14.2. The minimum absolute atomic E-state index is 0.895. The predicted molar refractivity (Wildman–Crippen MR) is 99.6 cm³/mol. The van der Waals surface area contributed by atoms with E-state index in [9.17, 15) is 0 Å². The van der Waals surface area contributed by atoms with Gasteiger partial charge in [-0.3, -0.25) is 0 Å². The van der Waals surface area contributed by atoms with Crippen LogP contribution < -0.4 is 4.74 Å². The predicted octanol–water partition coefficient (Wildman–Crippen LogP) is 6.36. The molecule has 0 unspecified atom stereocenters. The van der Waals surface area contributed by atoms with E-state index < -0.39 is 0 Å². The molecule has 0 aromatic heterocycles. The quantitative estimate of drug-likeness (QED) is 0.407. The van der Waals surface area contributed by atoms with Gasteiger partial charge < -0.3 is 4.74 Å². The van der Waals surface area contributed by atoms with Gasteiger partial charge in [0.05, 0.1) is 7.11 Å². The van der Waals surface area contributed by atoms with Crippen LogP contribution in [0.4, 0.5) is 0 Å². The van der Waals surface area contributed by atoms with Crippen LogP contribution in [0.15, 0.2) is 60.3 Å². The minimum atomic E-state index is 0.895. The highest BCUT2D eigenvalue weighted by molar-refractivity contribution is 5.69. The van der Waals surface area contributed by atoms with Crippen molar-refractivity contribution in [1.29, 1.82) is 0 Å². The summed E-state index contributed by atoms with van der Waals surface area (Å²) in [6.45, 7) is 2.25. The summed E-state index contributed by atoms with van der Waals surface area (Å²) < 4.78 is 5.25. The highest BCUT2D eigenvalue weighted by atomic mass is 16.5. The molecule has 0 saturated carbocycles. The van der Waals surface area contributed by atoms with Gasteiger partial charge in [-0.05, 0) is 42.2 Å². The zero-order valence-electron chi connectivity index (χ0n) is 14.2. The SMILES string of the molecule is CCCCCCC(=C=Cc1ccccc1)c1ccc(OC)cc1. The molecule has 0 N–H and O–H groups in total. The van der Waals surface area contributed by atoms with Gasteiger partial charge in [-0.2, -0.15) is 0 Å². The van der Waals surface area contributed by atoms with Gasteiger partial charge in [-0.15, -0.1) is 5.73 Å². The first-order valence-corrected chi connectivity index (χ1v) is 8.48. The Bertz CT molecular complexity index is 631. The lowest BCUT2D eigenvalue weighted by Gasteiger charge is -2.07. The van der Waals surface area contributed by atoms with Crippen molar-refractivity contribution in [2.75, 3.05) is 7.11 Å². The van der Waals surface area contributed by atoms with Crippen LogP contribution in [0.3, 0.4) is 0 Å². The van der Waals surface area contributed by atoms with Crippen molar-refractivity contribution in [3.05, 3.63) is 71.5 Å². The smallest absolute Gasteiger partial charge is 0.118 e. The molecule has 1 heteroatoms. The Morgan fingerprint density at radius 1 is 0.957 bits per heavy atom. The Hall–Kier alpha value is -2.24. The summed E-state index contributed by atoms with van der Waals surface area (Å²) in [5.41, 5.74) is 7.21. The van der Waals surface area contributed by atoms with E-state index >= 15 is 0 Å². The molecule has 120 valence electrons. The van der Waals surface area contributed by atoms with E-state index in [4.69, 9.17) is 4.74 Å². The number of methoxy groups -OCH3 is 1. The Morgan fingerprint density at radius 3 is 2.35 bits per heavy atom. The summed E-state index contributed by atoms with van der Waals surface area (Å²) >= 11 is 0. The molecule has 0 aliphatic heterocycles. The summed E-state index contributed by atoms with van der Waals surface area (Å²) in [4.78, 5) is 0. The normalized spacial score (nSPS) is 10.0. The van der Waals surface area contributed by atoms with Crippen molar-refractivity contribution in [3.63, 3.8) is 0 Å². The number of benzene rings is 2. The van der Waals surface area contributed by atoms with Crippen LogP contribution in [0.25, 0.3) is 11.6 Å². The molecule has 1 nitrogen and oxygen atoms in total. The van der Waals surface area contributed by atoms with Gasteiger partial charge in [-0.1, -0.05) is 68.7 Å². The van der Waals surface area contributed by atoms with E-state index in [1.165, 1.54) is 42.4 Å². The maximum absolute atomic E-state index is 5.25. The first-order valence-electron chi connectivity index (χ1n) is 8.48. The molecule has 2 aromatic carbocycles. The standard InChI is InChI=1S/C22H26O/c1-3-4-5-9-12-20(14-13-19-10-7-6-8-11-19)21-15-17-22(23-2)18-16-21/h6-8,10-11,13,15-18H,3-5,9,12H2,1-2H3. The van der Waals surface area contributed by atoms with Gasteiger partial charge in [-0.25, -0.2) is 0 Å².